The normalized spacial score (nSPS) is 25.6. The Balaban J connectivity index is 2.33. The van der Waals surface area contributed by atoms with Gasteiger partial charge in [0, 0.05) is 17.6 Å². The van der Waals surface area contributed by atoms with Gasteiger partial charge in [-0.2, -0.15) is 0 Å². The number of fused-ring (bicyclic) bond motifs is 1. The highest BCUT2D eigenvalue weighted by Gasteiger charge is 2.17. The predicted molar refractivity (Wildman–Crippen MR) is 62.2 cm³/mol. The number of halogens is 1. The Labute approximate surface area is 89.7 Å². The van der Waals surface area contributed by atoms with Crippen LogP contribution in [0.5, 0.6) is 0 Å². The Hall–Kier alpha value is -0.890. The summed E-state index contributed by atoms with van der Waals surface area (Å²) in [6.45, 7) is 5.43. The van der Waals surface area contributed by atoms with E-state index in [4.69, 9.17) is 11.6 Å². The number of nitrogens with one attached hydrogen (secondary N) is 2. The van der Waals surface area contributed by atoms with E-state index in [-0.39, 0.29) is 0 Å². The molecule has 1 aliphatic heterocycles. The van der Waals surface area contributed by atoms with E-state index in [1.54, 1.807) is 0 Å². The van der Waals surface area contributed by atoms with Gasteiger partial charge in [-0.3, -0.25) is 0 Å². The molecule has 1 aromatic carbocycles. The molecule has 0 fully saturated rings. The van der Waals surface area contributed by atoms with Crippen LogP contribution in [0.3, 0.4) is 0 Å². The number of rotatable bonds is 0. The first-order valence-corrected chi connectivity index (χ1v) is 5.34. The lowest BCUT2D eigenvalue weighted by Gasteiger charge is -2.17. The van der Waals surface area contributed by atoms with E-state index in [9.17, 15) is 0 Å². The minimum atomic E-state index is 0.474. The minimum Gasteiger partial charge on any atom is -0.383 e. The summed E-state index contributed by atoms with van der Waals surface area (Å²) < 4.78 is 0. The van der Waals surface area contributed by atoms with Gasteiger partial charge in [-0.1, -0.05) is 18.5 Å². The average molecular weight is 211 g/mol. The molecule has 2 rings (SSSR count). The van der Waals surface area contributed by atoms with E-state index >= 15 is 0 Å². The van der Waals surface area contributed by atoms with Crippen molar-refractivity contribution >= 4 is 23.0 Å². The van der Waals surface area contributed by atoms with Crippen LogP contribution in [-0.2, 0) is 0 Å². The van der Waals surface area contributed by atoms with E-state index in [2.05, 4.69) is 24.5 Å². The van der Waals surface area contributed by atoms with Crippen molar-refractivity contribution in [2.75, 3.05) is 17.2 Å². The van der Waals surface area contributed by atoms with Crippen LogP contribution in [0.25, 0.3) is 0 Å². The van der Waals surface area contributed by atoms with Crippen molar-refractivity contribution in [1.82, 2.24) is 0 Å². The van der Waals surface area contributed by atoms with Gasteiger partial charge in [-0.25, -0.2) is 0 Å². The zero-order valence-corrected chi connectivity index (χ0v) is 9.23. The highest BCUT2D eigenvalue weighted by Crippen LogP contribution is 2.29. The van der Waals surface area contributed by atoms with Crippen molar-refractivity contribution in [1.29, 1.82) is 0 Å². The highest BCUT2D eigenvalue weighted by atomic mass is 35.5. The van der Waals surface area contributed by atoms with Crippen LogP contribution in [0.2, 0.25) is 5.02 Å². The molecule has 0 spiro atoms. The predicted octanol–water partition coefficient (Wildman–Crippen LogP) is 3.20. The highest BCUT2D eigenvalue weighted by molar-refractivity contribution is 6.31. The number of benzene rings is 1. The summed E-state index contributed by atoms with van der Waals surface area (Å²) >= 11 is 5.95. The summed E-state index contributed by atoms with van der Waals surface area (Å²) in [4.78, 5) is 0. The molecule has 0 saturated carbocycles. The molecule has 0 amide bonds. The zero-order chi connectivity index (χ0) is 10.1. The van der Waals surface area contributed by atoms with Crippen LogP contribution >= 0.6 is 11.6 Å². The van der Waals surface area contributed by atoms with Gasteiger partial charge >= 0.3 is 0 Å². The number of hydrogen-bond donors (Lipinski definition) is 2. The van der Waals surface area contributed by atoms with Crippen molar-refractivity contribution in [3.05, 3.63) is 23.2 Å². The summed E-state index contributed by atoms with van der Waals surface area (Å²) in [5.41, 5.74) is 2.25. The number of hydrogen-bond acceptors (Lipinski definition) is 2. The molecule has 1 heterocycles. The van der Waals surface area contributed by atoms with E-state index in [0.29, 0.717) is 12.0 Å². The van der Waals surface area contributed by atoms with Gasteiger partial charge in [-0.15, -0.1) is 0 Å². The molecule has 0 aromatic heterocycles. The van der Waals surface area contributed by atoms with Crippen molar-refractivity contribution in [3.63, 3.8) is 0 Å². The second kappa shape index (κ2) is 3.70. The molecule has 2 N–H and O–H groups in total. The molecule has 0 radical (unpaired) electrons. The zero-order valence-electron chi connectivity index (χ0n) is 8.47. The first-order chi connectivity index (χ1) is 6.66. The average Bonchev–Trinajstić information content (AvgIpc) is 2.27. The molecule has 2 unspecified atom stereocenters. The van der Waals surface area contributed by atoms with E-state index in [0.717, 1.165) is 22.9 Å². The molecule has 76 valence electrons. The van der Waals surface area contributed by atoms with Crippen LogP contribution in [-0.4, -0.2) is 12.6 Å². The van der Waals surface area contributed by atoms with Gasteiger partial charge in [0.25, 0.3) is 0 Å². The molecule has 14 heavy (non-hydrogen) atoms. The Morgan fingerprint density at radius 2 is 2.07 bits per heavy atom. The Morgan fingerprint density at radius 1 is 1.29 bits per heavy atom. The van der Waals surface area contributed by atoms with E-state index in [1.165, 1.54) is 0 Å². The molecule has 0 bridgehead atoms. The summed E-state index contributed by atoms with van der Waals surface area (Å²) in [7, 11) is 0. The first-order valence-electron chi connectivity index (χ1n) is 4.97. The van der Waals surface area contributed by atoms with Gasteiger partial charge in [0.1, 0.15) is 0 Å². The Kier molecular flexibility index (Phi) is 2.55. The molecule has 0 saturated heterocycles. The molecular formula is C11H15ClN2. The van der Waals surface area contributed by atoms with Crippen LogP contribution in [0.15, 0.2) is 18.2 Å². The standard InChI is InChI=1S/C11H15ClN2/c1-7-6-13-10-4-3-9(12)5-11(10)14-8(7)2/h3-5,7-8,13-14H,6H2,1-2H3. The van der Waals surface area contributed by atoms with Gasteiger partial charge in [0.15, 0.2) is 0 Å². The van der Waals surface area contributed by atoms with Crippen LogP contribution in [0.1, 0.15) is 13.8 Å². The Morgan fingerprint density at radius 3 is 2.86 bits per heavy atom. The third kappa shape index (κ3) is 1.80. The molecule has 0 aliphatic carbocycles. The second-order valence-electron chi connectivity index (χ2n) is 3.98. The summed E-state index contributed by atoms with van der Waals surface area (Å²) in [6, 6.07) is 6.38. The number of anilines is 2. The maximum absolute atomic E-state index is 5.95. The van der Waals surface area contributed by atoms with Crippen molar-refractivity contribution in [2.45, 2.75) is 19.9 Å². The monoisotopic (exact) mass is 210 g/mol. The maximum Gasteiger partial charge on any atom is 0.0593 e. The lowest BCUT2D eigenvalue weighted by Crippen LogP contribution is -2.25. The second-order valence-corrected chi connectivity index (χ2v) is 4.42. The smallest absolute Gasteiger partial charge is 0.0593 e. The Bertz CT molecular complexity index is 338. The van der Waals surface area contributed by atoms with Crippen molar-refractivity contribution in [2.24, 2.45) is 5.92 Å². The molecule has 2 atom stereocenters. The van der Waals surface area contributed by atoms with Crippen LogP contribution < -0.4 is 10.6 Å². The van der Waals surface area contributed by atoms with Crippen molar-refractivity contribution in [3.8, 4) is 0 Å². The fraction of sp³-hybridized carbons (Fsp3) is 0.455. The fourth-order valence-corrected chi connectivity index (χ4v) is 1.80. The lowest BCUT2D eigenvalue weighted by molar-refractivity contribution is 0.542. The maximum atomic E-state index is 5.95. The first kappa shape index (κ1) is 9.66. The molecule has 1 aliphatic rings. The van der Waals surface area contributed by atoms with Crippen LogP contribution in [0, 0.1) is 5.92 Å². The fourth-order valence-electron chi connectivity index (χ4n) is 1.63. The largest absolute Gasteiger partial charge is 0.383 e. The lowest BCUT2D eigenvalue weighted by atomic mass is 10.0. The van der Waals surface area contributed by atoms with E-state index < -0.39 is 0 Å². The molecule has 3 heteroatoms. The minimum absolute atomic E-state index is 0.474. The topological polar surface area (TPSA) is 24.1 Å². The van der Waals surface area contributed by atoms with Gasteiger partial charge in [0.05, 0.1) is 11.4 Å². The molecule has 1 aromatic rings. The summed E-state index contributed by atoms with van der Waals surface area (Å²) in [5.74, 6) is 0.612. The van der Waals surface area contributed by atoms with Crippen LogP contribution in [0.4, 0.5) is 11.4 Å². The quantitative estimate of drug-likeness (QED) is 0.687. The van der Waals surface area contributed by atoms with Crippen molar-refractivity contribution < 1.29 is 0 Å². The molecular weight excluding hydrogens is 196 g/mol. The summed E-state index contributed by atoms with van der Waals surface area (Å²) in [5, 5.41) is 7.65. The van der Waals surface area contributed by atoms with Gasteiger partial charge in [0.2, 0.25) is 0 Å². The summed E-state index contributed by atoms with van der Waals surface area (Å²) in [6.07, 6.45) is 0. The third-order valence-electron chi connectivity index (χ3n) is 2.83. The van der Waals surface area contributed by atoms with Gasteiger partial charge < -0.3 is 10.6 Å². The third-order valence-corrected chi connectivity index (χ3v) is 3.07. The SMILES string of the molecule is CC1CNc2ccc(Cl)cc2NC1C. The molecule has 2 nitrogen and oxygen atoms in total. The van der Waals surface area contributed by atoms with Gasteiger partial charge in [-0.05, 0) is 31.0 Å². The van der Waals surface area contributed by atoms with E-state index in [1.807, 2.05) is 18.2 Å².